The van der Waals surface area contributed by atoms with Gasteiger partial charge in [-0.2, -0.15) is 0 Å². The van der Waals surface area contributed by atoms with E-state index in [1.54, 1.807) is 6.33 Å². The van der Waals surface area contributed by atoms with Gasteiger partial charge >= 0.3 is 37.7 Å². The second kappa shape index (κ2) is 12.3. The molecule has 0 saturated carbocycles. The Hall–Kier alpha value is -0.180. The van der Waals surface area contributed by atoms with E-state index in [0.717, 1.165) is 17.6 Å². The molecule has 2 nitrogen and oxygen atoms in total. The van der Waals surface area contributed by atoms with Crippen molar-refractivity contribution in [1.82, 2.24) is 9.97 Å². The van der Waals surface area contributed by atoms with Crippen molar-refractivity contribution < 1.29 is 2.85 Å². The molecule has 0 radical (unpaired) electrons. The first-order valence-corrected chi connectivity index (χ1v) is 6.10. The van der Waals surface area contributed by atoms with Gasteiger partial charge in [-0.15, -0.1) is 0 Å². The molecule has 1 aromatic carbocycles. The summed E-state index contributed by atoms with van der Waals surface area (Å²) in [5, 5.41) is 1.17. The Kier molecular flexibility index (Phi) is 13.8. The fourth-order valence-electron chi connectivity index (χ4n) is 1.34. The van der Waals surface area contributed by atoms with E-state index < -0.39 is 0 Å². The predicted molar refractivity (Wildman–Crippen MR) is 79.6 cm³/mol. The molecule has 17 heavy (non-hydrogen) atoms. The van der Waals surface area contributed by atoms with Crippen LogP contribution < -0.4 is 0 Å². The molecule has 0 aliphatic heterocycles. The van der Waals surface area contributed by atoms with Crippen LogP contribution in [0.3, 0.4) is 0 Å². The average Bonchev–Trinajstić information content (AvgIpc) is 2.42. The summed E-state index contributed by atoms with van der Waals surface area (Å²) in [6, 6.07) is 8.09. The molecule has 0 N–H and O–H groups in total. The Balaban J connectivity index is -0.000000148. The van der Waals surface area contributed by atoms with E-state index in [9.17, 15) is 0 Å². The second-order valence-electron chi connectivity index (χ2n) is 2.69. The summed E-state index contributed by atoms with van der Waals surface area (Å²) in [4.78, 5) is 8.39. The molecule has 0 bridgehead atoms. The summed E-state index contributed by atoms with van der Waals surface area (Å²) < 4.78 is 0. The van der Waals surface area contributed by atoms with Gasteiger partial charge in [-0.3, -0.25) is 0 Å². The van der Waals surface area contributed by atoms with Crippen molar-refractivity contribution in [2.75, 3.05) is 0 Å². The van der Waals surface area contributed by atoms with Gasteiger partial charge in [0.15, 0.2) is 0 Å². The van der Waals surface area contributed by atoms with Gasteiger partial charge in [0.1, 0.15) is 6.33 Å². The summed E-state index contributed by atoms with van der Waals surface area (Å²) in [5.74, 6) is 0. The van der Waals surface area contributed by atoms with Crippen LogP contribution in [0, 0.1) is 0 Å². The van der Waals surface area contributed by atoms with Crippen LogP contribution in [-0.2, 0) is 6.42 Å². The van der Waals surface area contributed by atoms with Crippen molar-refractivity contribution in [1.29, 1.82) is 0 Å². The Bertz CT molecular complexity index is 406. The number of benzene rings is 1. The van der Waals surface area contributed by atoms with E-state index in [0.29, 0.717) is 0 Å². The zero-order chi connectivity index (χ0) is 12.4. The van der Waals surface area contributed by atoms with Crippen molar-refractivity contribution in [3.05, 3.63) is 36.3 Å². The first-order chi connectivity index (χ1) is 7.92. The summed E-state index contributed by atoms with van der Waals surface area (Å²) in [6.45, 7) is 10.1. The van der Waals surface area contributed by atoms with Gasteiger partial charge in [-0.1, -0.05) is 52.8 Å². The second-order valence-corrected chi connectivity index (χ2v) is 2.69. The van der Waals surface area contributed by atoms with Gasteiger partial charge in [-0.05, 0) is 12.5 Å². The Morgan fingerprint density at radius 2 is 1.59 bits per heavy atom. The molecule has 0 aliphatic rings. The molecule has 1 heterocycles. The van der Waals surface area contributed by atoms with E-state index >= 15 is 0 Å². The average molecular weight is 260 g/mol. The molecule has 0 amide bonds. The minimum atomic E-state index is 0. The van der Waals surface area contributed by atoms with Gasteiger partial charge in [-0.25, -0.2) is 9.97 Å². The van der Waals surface area contributed by atoms with Crippen molar-refractivity contribution in [2.24, 2.45) is 0 Å². The predicted octanol–water partition coefficient (Wildman–Crippen LogP) is 4.09. The van der Waals surface area contributed by atoms with Crippen molar-refractivity contribution >= 4 is 48.6 Å². The number of nitrogens with zero attached hydrogens (tertiary/aromatic N) is 2. The molecule has 2 aromatic rings. The van der Waals surface area contributed by atoms with Crippen LogP contribution in [0.2, 0.25) is 0 Å². The van der Waals surface area contributed by atoms with E-state index in [-0.39, 0.29) is 40.6 Å². The normalized spacial score (nSPS) is 8.06. The maximum absolute atomic E-state index is 4.21. The third-order valence-corrected chi connectivity index (χ3v) is 1.96. The van der Waals surface area contributed by atoms with Gasteiger partial charge in [0.2, 0.25) is 0 Å². The molecule has 0 atom stereocenters. The van der Waals surface area contributed by atoms with E-state index in [1.807, 2.05) is 45.9 Å². The summed E-state index contributed by atoms with van der Waals surface area (Å²) in [7, 11) is 0. The number of hydrogen-bond acceptors (Lipinski definition) is 2. The topological polar surface area (TPSA) is 25.8 Å². The van der Waals surface area contributed by atoms with Crippen molar-refractivity contribution in [2.45, 2.75) is 41.0 Å². The van der Waals surface area contributed by atoms with Gasteiger partial charge in [0.25, 0.3) is 0 Å². The molecular weight excluding hydrogens is 236 g/mol. The maximum Gasteiger partial charge on any atom is 2.00 e. The summed E-state index contributed by atoms with van der Waals surface area (Å²) >= 11 is 0. The molecule has 0 saturated heterocycles. The summed E-state index contributed by atoms with van der Waals surface area (Å²) in [5.41, 5.74) is 2.16. The monoisotopic (exact) mass is 260 g/mol. The third kappa shape index (κ3) is 5.80. The third-order valence-electron chi connectivity index (χ3n) is 1.96. The fraction of sp³-hybridized carbons (Fsp3) is 0.429. The van der Waals surface area contributed by atoms with Crippen LogP contribution in [0.5, 0.6) is 0 Å². The fourth-order valence-corrected chi connectivity index (χ4v) is 1.34. The first-order valence-electron chi connectivity index (χ1n) is 6.10. The number of rotatable bonds is 1. The van der Waals surface area contributed by atoms with Gasteiger partial charge in [0, 0.05) is 5.39 Å². The number of aromatic nitrogens is 2. The minimum absolute atomic E-state index is 0. The summed E-state index contributed by atoms with van der Waals surface area (Å²) in [6.07, 6.45) is 2.59. The largest absolute Gasteiger partial charge is 2.00 e. The molecule has 92 valence electrons. The number of aryl methyl sites for hydroxylation is 1. The zero-order valence-electron chi connectivity index (χ0n) is 13.7. The van der Waals surface area contributed by atoms with Gasteiger partial charge in [0.05, 0.1) is 11.2 Å². The molecule has 2 rings (SSSR count). The van der Waals surface area contributed by atoms with Crippen molar-refractivity contribution in [3.8, 4) is 0 Å². The quantitative estimate of drug-likeness (QED) is 0.722. The van der Waals surface area contributed by atoms with Crippen LogP contribution in [0.1, 0.15) is 43.2 Å². The van der Waals surface area contributed by atoms with Crippen LogP contribution in [-0.4, -0.2) is 47.7 Å². The molecule has 0 fully saturated rings. The van der Waals surface area contributed by atoms with E-state index in [1.165, 1.54) is 5.39 Å². The van der Waals surface area contributed by atoms with Crippen LogP contribution in [0.25, 0.3) is 10.9 Å². The molecule has 1 aromatic heterocycles. The number of hydrogen-bond donors (Lipinski definition) is 0. The van der Waals surface area contributed by atoms with Crippen LogP contribution >= 0.6 is 0 Å². The standard InChI is InChI=1S/C10H10N2.2C2H6.Ca.2H/c1-2-9-8-5-3-4-6-10(8)12-7-11-9;2*1-2;;;/h3-7H,2H2,1H3;2*1-2H3;;;/q;;;+2;2*-1. The zero-order valence-corrected chi connectivity index (χ0v) is 13.9. The molecule has 3 heteroatoms. The van der Waals surface area contributed by atoms with Crippen LogP contribution in [0.15, 0.2) is 30.6 Å². The number of fused-ring (bicyclic) bond motifs is 1. The maximum atomic E-state index is 4.21. The van der Waals surface area contributed by atoms with E-state index in [4.69, 9.17) is 0 Å². The molecule has 0 spiro atoms. The molecule has 0 unspecified atom stereocenters. The number of para-hydroxylation sites is 1. The van der Waals surface area contributed by atoms with E-state index in [2.05, 4.69) is 23.0 Å². The SMILES string of the molecule is CC.CC.CCc1ncnc2ccccc12.[Ca+2].[H-].[H-]. The Labute approximate surface area is 138 Å². The van der Waals surface area contributed by atoms with Crippen LogP contribution in [0.4, 0.5) is 0 Å². The van der Waals surface area contributed by atoms with Crippen molar-refractivity contribution in [3.63, 3.8) is 0 Å². The minimum Gasteiger partial charge on any atom is -1.00 e. The molecular formula is C14H24CaN2. The smallest absolute Gasteiger partial charge is 1.00 e. The van der Waals surface area contributed by atoms with Gasteiger partial charge < -0.3 is 2.85 Å². The Morgan fingerprint density at radius 1 is 1.00 bits per heavy atom. The Morgan fingerprint density at radius 3 is 2.18 bits per heavy atom. The first kappa shape index (κ1) is 19.2. The molecule has 0 aliphatic carbocycles.